The average Bonchev–Trinajstić information content (AvgIpc) is 2.89. The predicted molar refractivity (Wildman–Crippen MR) is 51.1 cm³/mol. The van der Waals surface area contributed by atoms with Crippen molar-refractivity contribution in [3.8, 4) is 0 Å². The Kier molecular flexibility index (Phi) is 2.40. The molecule has 1 saturated carbocycles. The van der Waals surface area contributed by atoms with Crippen LogP contribution in [0.2, 0.25) is 0 Å². The van der Waals surface area contributed by atoms with Crippen molar-refractivity contribution in [1.29, 1.82) is 0 Å². The Balaban J connectivity index is 2.13. The van der Waals surface area contributed by atoms with E-state index in [1.807, 2.05) is 0 Å². The largest absolute Gasteiger partial charge is 0.327 e. The molecule has 0 bridgehead atoms. The minimum atomic E-state index is -0.780. The van der Waals surface area contributed by atoms with Gasteiger partial charge in [0.1, 0.15) is 17.3 Å². The van der Waals surface area contributed by atoms with Gasteiger partial charge in [0, 0.05) is 6.04 Å². The van der Waals surface area contributed by atoms with E-state index in [4.69, 9.17) is 5.73 Å². The van der Waals surface area contributed by atoms with Crippen LogP contribution in [-0.2, 0) is 4.79 Å². The number of para-hydroxylation sites is 1. The lowest BCUT2D eigenvalue weighted by Crippen LogP contribution is -2.19. The van der Waals surface area contributed by atoms with E-state index in [0.29, 0.717) is 6.42 Å². The number of hydrogen-bond acceptors (Lipinski definition) is 2. The molecule has 0 aliphatic heterocycles. The molecule has 1 aromatic rings. The van der Waals surface area contributed by atoms with E-state index < -0.39 is 23.2 Å². The molecular weight excluding hydrogens is 202 g/mol. The first-order chi connectivity index (χ1) is 7.09. The van der Waals surface area contributed by atoms with E-state index in [2.05, 4.69) is 5.32 Å². The molecule has 0 heterocycles. The number of halogens is 2. The maximum atomic E-state index is 13.1. The van der Waals surface area contributed by atoms with Crippen LogP contribution in [0.4, 0.5) is 14.5 Å². The fourth-order valence-electron chi connectivity index (χ4n) is 1.35. The third-order valence-corrected chi connectivity index (χ3v) is 2.39. The molecule has 0 saturated heterocycles. The third kappa shape index (κ3) is 1.97. The summed E-state index contributed by atoms with van der Waals surface area (Å²) < 4.78 is 26.2. The zero-order chi connectivity index (χ0) is 11.0. The highest BCUT2D eigenvalue weighted by molar-refractivity contribution is 5.95. The van der Waals surface area contributed by atoms with Crippen molar-refractivity contribution >= 4 is 11.6 Å². The smallest absolute Gasteiger partial charge is 0.229 e. The molecule has 0 spiro atoms. The Morgan fingerprint density at radius 2 is 1.93 bits per heavy atom. The highest BCUT2D eigenvalue weighted by atomic mass is 19.1. The summed E-state index contributed by atoms with van der Waals surface area (Å²) in [4.78, 5) is 11.4. The predicted octanol–water partition coefficient (Wildman–Crippen LogP) is 1.25. The van der Waals surface area contributed by atoms with Crippen molar-refractivity contribution in [3.05, 3.63) is 29.8 Å². The molecule has 1 amide bonds. The molecule has 2 rings (SSSR count). The number of nitrogens with two attached hydrogens (primary N) is 1. The van der Waals surface area contributed by atoms with Gasteiger partial charge in [0.05, 0.1) is 5.92 Å². The molecule has 1 aliphatic rings. The van der Waals surface area contributed by atoms with Crippen molar-refractivity contribution in [2.75, 3.05) is 5.32 Å². The maximum Gasteiger partial charge on any atom is 0.229 e. The van der Waals surface area contributed by atoms with Crippen LogP contribution in [0, 0.1) is 17.6 Å². The summed E-state index contributed by atoms with van der Waals surface area (Å²) in [5.41, 5.74) is 5.05. The molecule has 3 nitrogen and oxygen atoms in total. The van der Waals surface area contributed by atoms with Crippen molar-refractivity contribution in [2.24, 2.45) is 11.7 Å². The Bertz CT molecular complexity index is 388. The molecular formula is C10H10F2N2O. The first-order valence-corrected chi connectivity index (χ1v) is 4.60. The van der Waals surface area contributed by atoms with E-state index in [1.165, 1.54) is 6.07 Å². The van der Waals surface area contributed by atoms with Gasteiger partial charge in [-0.1, -0.05) is 6.07 Å². The number of amides is 1. The highest BCUT2D eigenvalue weighted by Gasteiger charge is 2.40. The summed E-state index contributed by atoms with van der Waals surface area (Å²) in [6, 6.07) is 3.24. The van der Waals surface area contributed by atoms with Crippen LogP contribution >= 0.6 is 0 Å². The van der Waals surface area contributed by atoms with E-state index >= 15 is 0 Å². The highest BCUT2D eigenvalue weighted by Crippen LogP contribution is 2.30. The molecule has 1 aromatic carbocycles. The summed E-state index contributed by atoms with van der Waals surface area (Å²) in [6.45, 7) is 0. The molecule has 0 radical (unpaired) electrons. The van der Waals surface area contributed by atoms with Gasteiger partial charge in [-0.05, 0) is 18.6 Å². The monoisotopic (exact) mass is 212 g/mol. The standard InChI is InChI=1S/C10H10F2N2O/c11-6-2-1-3-7(12)9(6)14-10(15)5-4-8(5)13/h1-3,5,8H,4,13H2,(H,14,15). The lowest BCUT2D eigenvalue weighted by molar-refractivity contribution is -0.117. The molecule has 80 valence electrons. The van der Waals surface area contributed by atoms with Crippen LogP contribution in [0.5, 0.6) is 0 Å². The topological polar surface area (TPSA) is 55.1 Å². The Labute approximate surface area is 85.3 Å². The van der Waals surface area contributed by atoms with Crippen molar-refractivity contribution in [2.45, 2.75) is 12.5 Å². The second-order valence-electron chi connectivity index (χ2n) is 3.59. The van der Waals surface area contributed by atoms with Gasteiger partial charge in [-0.15, -0.1) is 0 Å². The van der Waals surface area contributed by atoms with Gasteiger partial charge in [-0.25, -0.2) is 8.78 Å². The van der Waals surface area contributed by atoms with Gasteiger partial charge in [-0.2, -0.15) is 0 Å². The minimum Gasteiger partial charge on any atom is -0.327 e. The summed E-state index contributed by atoms with van der Waals surface area (Å²) in [6.07, 6.45) is 0.571. The number of nitrogens with one attached hydrogen (secondary N) is 1. The Morgan fingerprint density at radius 3 is 2.40 bits per heavy atom. The number of rotatable bonds is 2. The third-order valence-electron chi connectivity index (χ3n) is 2.39. The molecule has 3 N–H and O–H groups in total. The first-order valence-electron chi connectivity index (χ1n) is 4.60. The summed E-state index contributed by atoms with van der Waals surface area (Å²) in [5.74, 6) is -2.30. The summed E-state index contributed by atoms with van der Waals surface area (Å²) in [5, 5.41) is 2.20. The van der Waals surface area contributed by atoms with Gasteiger partial charge in [0.25, 0.3) is 0 Å². The zero-order valence-corrected chi connectivity index (χ0v) is 7.84. The number of hydrogen-bond donors (Lipinski definition) is 2. The van der Waals surface area contributed by atoms with Crippen LogP contribution in [0.1, 0.15) is 6.42 Å². The lowest BCUT2D eigenvalue weighted by atomic mass is 10.2. The molecule has 0 aromatic heterocycles. The summed E-state index contributed by atoms with van der Waals surface area (Å²) in [7, 11) is 0. The fourth-order valence-corrected chi connectivity index (χ4v) is 1.35. The number of carbonyl (C=O) groups excluding carboxylic acids is 1. The van der Waals surface area contributed by atoms with E-state index in [-0.39, 0.29) is 12.0 Å². The van der Waals surface area contributed by atoms with Crippen LogP contribution in [0.3, 0.4) is 0 Å². The average molecular weight is 212 g/mol. The second-order valence-corrected chi connectivity index (χ2v) is 3.59. The zero-order valence-electron chi connectivity index (χ0n) is 7.84. The molecule has 1 aliphatic carbocycles. The first kappa shape index (κ1) is 10.0. The molecule has 2 atom stereocenters. The van der Waals surface area contributed by atoms with Crippen LogP contribution in [0.25, 0.3) is 0 Å². The van der Waals surface area contributed by atoms with Crippen LogP contribution in [0.15, 0.2) is 18.2 Å². The fraction of sp³-hybridized carbons (Fsp3) is 0.300. The van der Waals surface area contributed by atoms with Gasteiger partial charge >= 0.3 is 0 Å². The molecule has 5 heteroatoms. The maximum absolute atomic E-state index is 13.1. The number of carbonyl (C=O) groups is 1. The second kappa shape index (κ2) is 3.58. The van der Waals surface area contributed by atoms with Crippen LogP contribution < -0.4 is 11.1 Å². The van der Waals surface area contributed by atoms with Crippen LogP contribution in [-0.4, -0.2) is 11.9 Å². The van der Waals surface area contributed by atoms with Crippen molar-refractivity contribution in [3.63, 3.8) is 0 Å². The number of benzene rings is 1. The normalized spacial score (nSPS) is 23.7. The molecule has 2 unspecified atom stereocenters. The van der Waals surface area contributed by atoms with Gasteiger partial charge in [0.15, 0.2) is 0 Å². The number of anilines is 1. The van der Waals surface area contributed by atoms with E-state index in [0.717, 1.165) is 12.1 Å². The van der Waals surface area contributed by atoms with E-state index in [1.54, 1.807) is 0 Å². The summed E-state index contributed by atoms with van der Waals surface area (Å²) >= 11 is 0. The Morgan fingerprint density at radius 1 is 1.40 bits per heavy atom. The van der Waals surface area contributed by atoms with Crippen molar-refractivity contribution < 1.29 is 13.6 Å². The molecule has 15 heavy (non-hydrogen) atoms. The minimum absolute atomic E-state index is 0.181. The Hall–Kier alpha value is -1.49. The van der Waals surface area contributed by atoms with Gasteiger partial charge in [-0.3, -0.25) is 4.79 Å². The van der Waals surface area contributed by atoms with Gasteiger partial charge < -0.3 is 11.1 Å². The van der Waals surface area contributed by atoms with Crippen molar-refractivity contribution in [1.82, 2.24) is 0 Å². The van der Waals surface area contributed by atoms with Gasteiger partial charge in [0.2, 0.25) is 5.91 Å². The van der Waals surface area contributed by atoms with E-state index in [9.17, 15) is 13.6 Å². The quantitative estimate of drug-likeness (QED) is 0.775. The lowest BCUT2D eigenvalue weighted by Gasteiger charge is -2.06. The SMILES string of the molecule is NC1CC1C(=O)Nc1c(F)cccc1F. The molecule has 1 fully saturated rings.